The fraction of sp³-hybridized carbons (Fsp3) is 0.385. The highest BCUT2D eigenvalue weighted by Crippen LogP contribution is 2.38. The van der Waals surface area contributed by atoms with Crippen molar-refractivity contribution in [2.24, 2.45) is 5.92 Å². The third-order valence-corrected chi connectivity index (χ3v) is 3.58. The summed E-state index contributed by atoms with van der Waals surface area (Å²) in [4.78, 5) is 22.8. The van der Waals surface area contributed by atoms with Crippen LogP contribution in [0.3, 0.4) is 0 Å². The van der Waals surface area contributed by atoms with Gasteiger partial charge in [-0.15, -0.1) is 0 Å². The van der Waals surface area contributed by atoms with Crippen LogP contribution in [-0.2, 0) is 9.59 Å². The number of hydrogen-bond donors (Lipinski definition) is 0. The van der Waals surface area contributed by atoms with Crippen molar-refractivity contribution < 1.29 is 9.59 Å². The smallest absolute Gasteiger partial charge is 0.238 e. The molecule has 17 heavy (non-hydrogen) atoms. The van der Waals surface area contributed by atoms with Gasteiger partial charge in [-0.25, -0.2) is 5.01 Å². The van der Waals surface area contributed by atoms with Gasteiger partial charge in [0.25, 0.3) is 0 Å². The number of rotatable bonds is 2. The molecule has 2 aliphatic heterocycles. The fourth-order valence-corrected chi connectivity index (χ4v) is 2.81. The zero-order valence-electron chi connectivity index (χ0n) is 9.45. The first kappa shape index (κ1) is 10.5. The maximum atomic E-state index is 11.7. The number of benzene rings is 1. The minimum atomic E-state index is -0.110. The van der Waals surface area contributed by atoms with E-state index in [-0.39, 0.29) is 17.9 Å². The van der Waals surface area contributed by atoms with E-state index in [2.05, 4.69) is 0 Å². The molecule has 2 fully saturated rings. The maximum absolute atomic E-state index is 11.7. The van der Waals surface area contributed by atoms with Crippen molar-refractivity contribution in [1.82, 2.24) is 10.0 Å². The molecule has 1 amide bonds. The molecular formula is C13H14N2O2. The Morgan fingerprint density at radius 1 is 1.24 bits per heavy atom. The van der Waals surface area contributed by atoms with Gasteiger partial charge in [0.1, 0.15) is 6.29 Å². The second kappa shape index (κ2) is 3.96. The molecule has 0 spiro atoms. The van der Waals surface area contributed by atoms with Gasteiger partial charge < -0.3 is 4.79 Å². The lowest BCUT2D eigenvalue weighted by Gasteiger charge is -2.25. The normalized spacial score (nSPS) is 28.5. The van der Waals surface area contributed by atoms with Crippen LogP contribution in [0.25, 0.3) is 0 Å². The van der Waals surface area contributed by atoms with E-state index < -0.39 is 0 Å². The highest BCUT2D eigenvalue weighted by atomic mass is 16.2. The first-order chi connectivity index (χ1) is 8.31. The lowest BCUT2D eigenvalue weighted by atomic mass is 9.95. The van der Waals surface area contributed by atoms with Gasteiger partial charge >= 0.3 is 0 Å². The number of carbonyl (C=O) groups is 2. The van der Waals surface area contributed by atoms with Gasteiger partial charge in [0.15, 0.2) is 0 Å². The largest absolute Gasteiger partial charge is 0.303 e. The number of aldehydes is 1. The van der Waals surface area contributed by atoms with E-state index in [9.17, 15) is 9.59 Å². The SMILES string of the molecule is O=CC1CN2C(=O)CCN2C1c1ccccc1. The molecule has 2 atom stereocenters. The molecule has 0 aromatic heterocycles. The summed E-state index contributed by atoms with van der Waals surface area (Å²) in [6.07, 6.45) is 1.54. The molecule has 0 aliphatic carbocycles. The topological polar surface area (TPSA) is 40.6 Å². The molecule has 4 heteroatoms. The number of carbonyl (C=O) groups excluding carboxylic acids is 2. The van der Waals surface area contributed by atoms with Crippen LogP contribution in [0.2, 0.25) is 0 Å². The van der Waals surface area contributed by atoms with E-state index in [1.54, 1.807) is 5.01 Å². The minimum Gasteiger partial charge on any atom is -0.303 e. The Morgan fingerprint density at radius 2 is 2.00 bits per heavy atom. The number of nitrogens with zero attached hydrogens (tertiary/aromatic N) is 2. The van der Waals surface area contributed by atoms with Crippen molar-refractivity contribution in [3.8, 4) is 0 Å². The van der Waals surface area contributed by atoms with Crippen molar-refractivity contribution in [3.05, 3.63) is 35.9 Å². The van der Waals surface area contributed by atoms with Gasteiger partial charge in [0, 0.05) is 19.5 Å². The maximum Gasteiger partial charge on any atom is 0.238 e. The van der Waals surface area contributed by atoms with Crippen LogP contribution in [0.15, 0.2) is 30.3 Å². The second-order valence-corrected chi connectivity index (χ2v) is 4.54. The summed E-state index contributed by atoms with van der Waals surface area (Å²) in [6, 6.07) is 9.97. The number of amides is 1. The zero-order chi connectivity index (χ0) is 11.8. The van der Waals surface area contributed by atoms with Gasteiger partial charge in [0.05, 0.1) is 12.0 Å². The summed E-state index contributed by atoms with van der Waals surface area (Å²) in [6.45, 7) is 1.25. The van der Waals surface area contributed by atoms with E-state index >= 15 is 0 Å². The van der Waals surface area contributed by atoms with Crippen molar-refractivity contribution >= 4 is 12.2 Å². The van der Waals surface area contributed by atoms with Crippen molar-refractivity contribution in [2.45, 2.75) is 12.5 Å². The third-order valence-electron chi connectivity index (χ3n) is 3.58. The second-order valence-electron chi connectivity index (χ2n) is 4.54. The zero-order valence-corrected chi connectivity index (χ0v) is 9.45. The van der Waals surface area contributed by atoms with Crippen LogP contribution in [-0.4, -0.2) is 35.3 Å². The van der Waals surface area contributed by atoms with Crippen molar-refractivity contribution in [1.29, 1.82) is 0 Å². The van der Waals surface area contributed by atoms with E-state index in [0.717, 1.165) is 18.4 Å². The quantitative estimate of drug-likeness (QED) is 0.712. The Kier molecular flexibility index (Phi) is 2.44. The van der Waals surface area contributed by atoms with Crippen LogP contribution in [0.4, 0.5) is 0 Å². The number of hydrazine groups is 1. The molecule has 2 unspecified atom stereocenters. The van der Waals surface area contributed by atoms with Gasteiger partial charge in [-0.05, 0) is 5.56 Å². The molecular weight excluding hydrogens is 216 g/mol. The molecule has 4 nitrogen and oxygen atoms in total. The molecule has 0 N–H and O–H groups in total. The van der Waals surface area contributed by atoms with Gasteiger partial charge in [-0.3, -0.25) is 9.80 Å². The third kappa shape index (κ3) is 1.56. The highest BCUT2D eigenvalue weighted by molar-refractivity contribution is 5.79. The molecule has 2 aliphatic rings. The molecule has 1 aromatic carbocycles. The highest BCUT2D eigenvalue weighted by Gasteiger charge is 2.45. The summed E-state index contributed by atoms with van der Waals surface area (Å²) < 4.78 is 0. The van der Waals surface area contributed by atoms with Crippen LogP contribution in [0, 0.1) is 5.92 Å². The van der Waals surface area contributed by atoms with E-state index in [0.29, 0.717) is 13.0 Å². The Morgan fingerprint density at radius 3 is 2.71 bits per heavy atom. The van der Waals surface area contributed by atoms with Gasteiger partial charge in [-0.1, -0.05) is 30.3 Å². The number of hydrogen-bond acceptors (Lipinski definition) is 3. The molecule has 0 bridgehead atoms. The molecule has 0 radical (unpaired) electrons. The first-order valence-electron chi connectivity index (χ1n) is 5.88. The van der Waals surface area contributed by atoms with Crippen LogP contribution < -0.4 is 0 Å². The molecule has 1 aromatic rings. The molecule has 88 valence electrons. The van der Waals surface area contributed by atoms with Gasteiger partial charge in [-0.2, -0.15) is 0 Å². The molecule has 3 rings (SSSR count). The van der Waals surface area contributed by atoms with E-state index in [4.69, 9.17) is 0 Å². The Balaban J connectivity index is 1.96. The Hall–Kier alpha value is -1.68. The Bertz CT molecular complexity index is 446. The fourth-order valence-electron chi connectivity index (χ4n) is 2.81. The van der Waals surface area contributed by atoms with Crippen LogP contribution in [0.5, 0.6) is 0 Å². The Labute approximate surface area is 99.8 Å². The monoisotopic (exact) mass is 230 g/mol. The summed E-state index contributed by atoms with van der Waals surface area (Å²) in [7, 11) is 0. The van der Waals surface area contributed by atoms with Crippen molar-refractivity contribution in [2.75, 3.05) is 13.1 Å². The van der Waals surface area contributed by atoms with E-state index in [1.165, 1.54) is 0 Å². The average molecular weight is 230 g/mol. The summed E-state index contributed by atoms with van der Waals surface area (Å²) >= 11 is 0. The molecule has 2 heterocycles. The lowest BCUT2D eigenvalue weighted by molar-refractivity contribution is -0.135. The van der Waals surface area contributed by atoms with Gasteiger partial charge in [0.2, 0.25) is 5.91 Å². The summed E-state index contributed by atoms with van der Waals surface area (Å²) in [5.41, 5.74) is 1.11. The van der Waals surface area contributed by atoms with Crippen LogP contribution >= 0.6 is 0 Å². The summed E-state index contributed by atoms with van der Waals surface area (Å²) in [5.74, 6) is 0.0249. The summed E-state index contributed by atoms with van der Waals surface area (Å²) in [5, 5.41) is 3.77. The molecule has 0 saturated carbocycles. The first-order valence-corrected chi connectivity index (χ1v) is 5.88. The average Bonchev–Trinajstić information content (AvgIpc) is 2.90. The van der Waals surface area contributed by atoms with Crippen LogP contribution in [0.1, 0.15) is 18.0 Å². The standard InChI is InChI=1S/C13H14N2O2/c16-9-11-8-15-12(17)6-7-14(15)13(11)10-4-2-1-3-5-10/h1-5,9,11,13H,6-8H2. The predicted molar refractivity (Wildman–Crippen MR) is 61.8 cm³/mol. The lowest BCUT2D eigenvalue weighted by Crippen LogP contribution is -2.33. The minimum absolute atomic E-state index is 0.0279. The van der Waals surface area contributed by atoms with E-state index in [1.807, 2.05) is 35.3 Å². The molecule has 2 saturated heterocycles. The van der Waals surface area contributed by atoms with Crippen molar-refractivity contribution in [3.63, 3.8) is 0 Å². The number of fused-ring (bicyclic) bond motifs is 1. The predicted octanol–water partition coefficient (Wildman–Crippen LogP) is 1.01.